The highest BCUT2D eigenvalue weighted by molar-refractivity contribution is 5.80. The maximum absolute atomic E-state index is 2.57. The average molecular weight is 331 g/mol. The summed E-state index contributed by atoms with van der Waals surface area (Å²) in [6, 6.07) is 12.3. The highest BCUT2D eigenvalue weighted by Crippen LogP contribution is 2.71. The maximum Gasteiger partial charge on any atom is 0.00615 e. The van der Waals surface area contributed by atoms with Crippen molar-refractivity contribution in [1.29, 1.82) is 0 Å². The Hall–Kier alpha value is -1.56. The van der Waals surface area contributed by atoms with Gasteiger partial charge in [-0.15, -0.1) is 0 Å². The molecule has 0 aromatic heterocycles. The number of fused-ring (bicyclic) bond motifs is 3. The fourth-order valence-electron chi connectivity index (χ4n) is 7.15. The first kappa shape index (κ1) is 15.7. The molecule has 0 N–H and O–H groups in total. The van der Waals surface area contributed by atoms with Crippen LogP contribution in [0.5, 0.6) is 0 Å². The van der Waals surface area contributed by atoms with E-state index in [9.17, 15) is 0 Å². The monoisotopic (exact) mass is 330 g/mol. The minimum atomic E-state index is 0.375. The minimum absolute atomic E-state index is 0.375. The van der Waals surface area contributed by atoms with Crippen molar-refractivity contribution in [3.05, 3.63) is 58.1 Å². The summed E-state index contributed by atoms with van der Waals surface area (Å²) >= 11 is 0. The standard InChI is InChI=1S/C25H30/c1-15-6-7-20-21-9-18(4)19(5)10-23(21)25-13-16(2)11-24(25,22(20)8-15)12-17(3)14-25/h6-10,16-17H,11-14H2,1-5H3. The van der Waals surface area contributed by atoms with Gasteiger partial charge in [0, 0.05) is 10.8 Å². The lowest BCUT2D eigenvalue weighted by atomic mass is 9.55. The molecule has 0 saturated heterocycles. The van der Waals surface area contributed by atoms with Gasteiger partial charge in [0.1, 0.15) is 0 Å². The van der Waals surface area contributed by atoms with Gasteiger partial charge in [0.25, 0.3) is 0 Å². The molecule has 130 valence electrons. The van der Waals surface area contributed by atoms with E-state index in [1.54, 1.807) is 11.1 Å². The van der Waals surface area contributed by atoms with Crippen LogP contribution in [0.25, 0.3) is 11.1 Å². The molecule has 0 radical (unpaired) electrons. The molecule has 0 amide bonds. The van der Waals surface area contributed by atoms with Gasteiger partial charge < -0.3 is 0 Å². The van der Waals surface area contributed by atoms with Gasteiger partial charge in [-0.2, -0.15) is 0 Å². The first-order chi connectivity index (χ1) is 11.9. The molecule has 0 heterocycles. The Morgan fingerprint density at radius 2 is 1.20 bits per heavy atom. The Kier molecular flexibility index (Phi) is 3.00. The first-order valence-electron chi connectivity index (χ1n) is 10.1. The van der Waals surface area contributed by atoms with Crippen LogP contribution in [0.3, 0.4) is 0 Å². The Balaban J connectivity index is 1.93. The molecule has 0 spiro atoms. The van der Waals surface area contributed by atoms with Crippen LogP contribution in [0.4, 0.5) is 0 Å². The molecule has 2 saturated carbocycles. The quantitative estimate of drug-likeness (QED) is 0.508. The number of hydrogen-bond acceptors (Lipinski definition) is 0. The third kappa shape index (κ3) is 1.79. The molecule has 3 aliphatic carbocycles. The average Bonchev–Trinajstić information content (AvgIpc) is 2.97. The number of benzene rings is 2. The second kappa shape index (κ2) is 4.78. The van der Waals surface area contributed by atoms with Gasteiger partial charge in [-0.05, 0) is 91.7 Å². The van der Waals surface area contributed by atoms with E-state index >= 15 is 0 Å². The van der Waals surface area contributed by atoms with Crippen molar-refractivity contribution in [3.8, 4) is 11.1 Å². The van der Waals surface area contributed by atoms with Crippen molar-refractivity contribution in [2.45, 2.75) is 71.1 Å². The molecule has 25 heavy (non-hydrogen) atoms. The summed E-state index contributed by atoms with van der Waals surface area (Å²) in [5, 5.41) is 0. The SMILES string of the molecule is Cc1ccc2c(c1)C13CC(C)CC1(CC(C)C3)c1cc(C)c(C)cc1-2. The van der Waals surface area contributed by atoms with E-state index in [2.05, 4.69) is 65.0 Å². The predicted octanol–water partition coefficient (Wildman–Crippen LogP) is 6.63. The number of aryl methyl sites for hydroxylation is 3. The molecule has 0 heteroatoms. The summed E-state index contributed by atoms with van der Waals surface area (Å²) in [6.07, 6.45) is 5.50. The van der Waals surface area contributed by atoms with Crippen molar-refractivity contribution in [3.63, 3.8) is 0 Å². The molecule has 2 aromatic carbocycles. The van der Waals surface area contributed by atoms with Gasteiger partial charge in [-0.25, -0.2) is 0 Å². The lowest BCUT2D eigenvalue weighted by Gasteiger charge is -2.48. The third-order valence-electron chi connectivity index (χ3n) is 7.83. The summed E-state index contributed by atoms with van der Waals surface area (Å²) in [6.45, 7) is 11.8. The Labute approximate surface area is 152 Å². The van der Waals surface area contributed by atoms with Crippen LogP contribution in [-0.4, -0.2) is 0 Å². The van der Waals surface area contributed by atoms with Crippen molar-refractivity contribution in [1.82, 2.24) is 0 Å². The van der Waals surface area contributed by atoms with E-state index in [-0.39, 0.29) is 0 Å². The zero-order valence-electron chi connectivity index (χ0n) is 16.4. The fraction of sp³-hybridized carbons (Fsp3) is 0.520. The second-order valence-electron chi connectivity index (χ2n) is 9.72. The summed E-state index contributed by atoms with van der Waals surface area (Å²) in [7, 11) is 0. The zero-order chi connectivity index (χ0) is 17.6. The zero-order valence-corrected chi connectivity index (χ0v) is 16.4. The predicted molar refractivity (Wildman–Crippen MR) is 106 cm³/mol. The van der Waals surface area contributed by atoms with Crippen LogP contribution in [0.2, 0.25) is 0 Å². The van der Waals surface area contributed by atoms with E-state index in [1.165, 1.54) is 53.5 Å². The van der Waals surface area contributed by atoms with Crippen molar-refractivity contribution in [2.75, 3.05) is 0 Å². The van der Waals surface area contributed by atoms with Gasteiger partial charge in [-0.3, -0.25) is 0 Å². The van der Waals surface area contributed by atoms with Crippen LogP contribution in [0.1, 0.15) is 67.3 Å². The second-order valence-corrected chi connectivity index (χ2v) is 9.72. The number of rotatable bonds is 0. The van der Waals surface area contributed by atoms with Gasteiger partial charge in [0.15, 0.2) is 0 Å². The van der Waals surface area contributed by atoms with E-state index in [4.69, 9.17) is 0 Å². The van der Waals surface area contributed by atoms with Crippen molar-refractivity contribution < 1.29 is 0 Å². The molecule has 0 bridgehead atoms. The fourth-order valence-corrected chi connectivity index (χ4v) is 7.15. The lowest BCUT2D eigenvalue weighted by Crippen LogP contribution is -2.43. The molecule has 0 aliphatic heterocycles. The van der Waals surface area contributed by atoms with E-state index in [0.29, 0.717) is 10.8 Å². The van der Waals surface area contributed by atoms with Crippen LogP contribution in [0.15, 0.2) is 30.3 Å². The highest BCUT2D eigenvalue weighted by Gasteiger charge is 2.65. The topological polar surface area (TPSA) is 0 Å². The third-order valence-corrected chi connectivity index (χ3v) is 7.83. The Morgan fingerprint density at radius 1 is 0.680 bits per heavy atom. The number of hydrogen-bond donors (Lipinski definition) is 0. The molecule has 2 unspecified atom stereocenters. The molecular weight excluding hydrogens is 300 g/mol. The van der Waals surface area contributed by atoms with Crippen LogP contribution in [0, 0.1) is 32.6 Å². The largest absolute Gasteiger partial charge is 0.0624 e. The Bertz CT molecular complexity index is 871. The molecular formula is C25H30. The summed E-state index contributed by atoms with van der Waals surface area (Å²) in [5.74, 6) is 1.65. The summed E-state index contributed by atoms with van der Waals surface area (Å²) in [4.78, 5) is 0. The van der Waals surface area contributed by atoms with Gasteiger partial charge in [0.05, 0.1) is 0 Å². The minimum Gasteiger partial charge on any atom is -0.0624 e. The van der Waals surface area contributed by atoms with E-state index < -0.39 is 0 Å². The van der Waals surface area contributed by atoms with Gasteiger partial charge >= 0.3 is 0 Å². The molecule has 5 rings (SSSR count). The van der Waals surface area contributed by atoms with E-state index in [1.807, 2.05) is 0 Å². The first-order valence-corrected chi connectivity index (χ1v) is 10.1. The summed E-state index contributed by atoms with van der Waals surface area (Å²) < 4.78 is 0. The molecule has 2 atom stereocenters. The molecule has 2 fully saturated rings. The highest BCUT2D eigenvalue weighted by atomic mass is 14.7. The molecule has 3 aliphatic rings. The summed E-state index contributed by atoms with van der Waals surface area (Å²) in [5.41, 5.74) is 11.5. The molecule has 0 nitrogen and oxygen atoms in total. The van der Waals surface area contributed by atoms with Gasteiger partial charge in [0.2, 0.25) is 0 Å². The van der Waals surface area contributed by atoms with Crippen molar-refractivity contribution in [2.24, 2.45) is 11.8 Å². The van der Waals surface area contributed by atoms with Gasteiger partial charge in [-0.1, -0.05) is 49.7 Å². The maximum atomic E-state index is 2.57. The molecule has 2 aromatic rings. The van der Waals surface area contributed by atoms with Crippen LogP contribution in [-0.2, 0) is 10.8 Å². The smallest absolute Gasteiger partial charge is 0.00615 e. The lowest BCUT2D eigenvalue weighted by molar-refractivity contribution is 0.299. The van der Waals surface area contributed by atoms with Crippen molar-refractivity contribution >= 4 is 0 Å². The Morgan fingerprint density at radius 3 is 1.80 bits per heavy atom. The van der Waals surface area contributed by atoms with Crippen LogP contribution < -0.4 is 0 Å². The van der Waals surface area contributed by atoms with Crippen LogP contribution >= 0.6 is 0 Å². The normalized spacial score (nSPS) is 35.1. The van der Waals surface area contributed by atoms with E-state index in [0.717, 1.165) is 11.8 Å².